The van der Waals surface area contributed by atoms with Gasteiger partial charge in [-0.2, -0.15) is 0 Å². The molecular weight excluding hydrogens is 876 g/mol. The van der Waals surface area contributed by atoms with Crippen molar-refractivity contribution in [2.75, 3.05) is 80.7 Å². The smallest absolute Gasteiger partial charge is 0.297 e. The van der Waals surface area contributed by atoms with Gasteiger partial charge in [0, 0.05) is 91.7 Å². The highest BCUT2D eigenvalue weighted by Gasteiger charge is 2.32. The molecule has 4 aliphatic rings. The standard InChI is InChI=1S/C46H51ClN8O7S2/c1-46(2)11-9-32(39(25-46)30-3-5-33(47)6-4-30)27-52-13-15-54(16-14-52)35-7-8-38(41(22-35)62-36-21-31-10-12-48-44(31)49-26-36)45(56)51-63-37-23-40(55(57)58)43-42(24-37)61-29-34(50-43)28-53-17-19-64(59,60)20-18-53/h3-8,10,12,21-24,26,34,50H,9,11,13-20,25,27-29H2,1-2H3,(H,48,49)(H,51,56)/t34-/m0/s1. The Morgan fingerprint density at radius 2 is 1.81 bits per heavy atom. The van der Waals surface area contributed by atoms with Crippen molar-refractivity contribution in [2.45, 2.75) is 44.0 Å². The highest BCUT2D eigenvalue weighted by Crippen LogP contribution is 2.44. The number of halogens is 1. The Morgan fingerprint density at radius 1 is 1.03 bits per heavy atom. The second kappa shape index (κ2) is 18.3. The number of aromatic amines is 1. The predicted octanol–water partition coefficient (Wildman–Crippen LogP) is 8.04. The van der Waals surface area contributed by atoms with Crippen LogP contribution in [-0.2, 0) is 9.84 Å². The first kappa shape index (κ1) is 43.9. The summed E-state index contributed by atoms with van der Waals surface area (Å²) in [7, 11) is -3.04. The molecule has 1 atom stereocenters. The molecule has 3 aliphatic heterocycles. The van der Waals surface area contributed by atoms with Crippen molar-refractivity contribution in [1.82, 2.24) is 24.5 Å². The van der Waals surface area contributed by atoms with Crippen LogP contribution in [0, 0.1) is 15.5 Å². The monoisotopic (exact) mass is 926 g/mol. The Morgan fingerprint density at radius 3 is 2.58 bits per heavy atom. The summed E-state index contributed by atoms with van der Waals surface area (Å²) in [5, 5.41) is 17.2. The van der Waals surface area contributed by atoms with E-state index >= 15 is 0 Å². The molecule has 5 aromatic rings. The largest absolute Gasteiger partial charge is 0.489 e. The number of hydrogen-bond donors (Lipinski definition) is 3. The molecule has 3 aromatic carbocycles. The molecule has 0 spiro atoms. The van der Waals surface area contributed by atoms with Gasteiger partial charge in [-0.3, -0.25) is 29.4 Å². The fourth-order valence-electron chi connectivity index (χ4n) is 8.96. The molecule has 1 amide bonds. The van der Waals surface area contributed by atoms with Gasteiger partial charge in [0.05, 0.1) is 34.2 Å². The van der Waals surface area contributed by atoms with Gasteiger partial charge in [0.2, 0.25) is 0 Å². The number of amides is 1. The summed E-state index contributed by atoms with van der Waals surface area (Å²) in [6, 6.07) is 20.4. The van der Waals surface area contributed by atoms with Crippen molar-refractivity contribution in [3.05, 3.63) is 111 Å². The summed E-state index contributed by atoms with van der Waals surface area (Å²) in [6.07, 6.45) is 6.69. The Labute approximate surface area is 381 Å². The number of benzene rings is 3. The number of fused-ring (bicyclic) bond motifs is 2. The average Bonchev–Trinajstić information content (AvgIpc) is 3.75. The topological polar surface area (TPSA) is 175 Å². The van der Waals surface area contributed by atoms with Crippen LogP contribution in [0.15, 0.2) is 89.6 Å². The molecule has 64 heavy (non-hydrogen) atoms. The summed E-state index contributed by atoms with van der Waals surface area (Å²) < 4.78 is 39.1. The Bertz CT molecular complexity index is 2710. The van der Waals surface area contributed by atoms with E-state index in [9.17, 15) is 23.3 Å². The number of ether oxygens (including phenoxy) is 2. The average molecular weight is 928 g/mol. The van der Waals surface area contributed by atoms with E-state index in [1.54, 1.807) is 24.5 Å². The molecule has 1 aliphatic carbocycles. The van der Waals surface area contributed by atoms with E-state index in [0.717, 1.165) is 85.7 Å². The van der Waals surface area contributed by atoms with Crippen LogP contribution in [0.4, 0.5) is 17.1 Å². The highest BCUT2D eigenvalue weighted by atomic mass is 35.5. The maximum absolute atomic E-state index is 14.0. The molecule has 336 valence electrons. The first-order chi connectivity index (χ1) is 30.7. The third-order valence-electron chi connectivity index (χ3n) is 12.6. The van der Waals surface area contributed by atoms with E-state index in [2.05, 4.69) is 55.8 Å². The van der Waals surface area contributed by atoms with Gasteiger partial charge in [-0.15, -0.1) is 0 Å². The van der Waals surface area contributed by atoms with Crippen molar-refractivity contribution >= 4 is 73.0 Å². The number of pyridine rings is 1. The molecular formula is C46H51ClN8O7S2. The Kier molecular flexibility index (Phi) is 12.5. The Hall–Kier alpha value is -5.33. The maximum Gasteiger partial charge on any atom is 0.297 e. The summed E-state index contributed by atoms with van der Waals surface area (Å²) in [6.45, 7) is 10.5. The Balaban J connectivity index is 0.896. The number of hydrogen-bond acceptors (Lipinski definition) is 13. The van der Waals surface area contributed by atoms with Crippen LogP contribution in [0.5, 0.6) is 17.2 Å². The predicted molar refractivity (Wildman–Crippen MR) is 252 cm³/mol. The van der Waals surface area contributed by atoms with E-state index in [1.807, 2.05) is 41.3 Å². The van der Waals surface area contributed by atoms with Crippen LogP contribution in [0.25, 0.3) is 16.6 Å². The van der Waals surface area contributed by atoms with Gasteiger partial charge >= 0.3 is 0 Å². The van der Waals surface area contributed by atoms with Crippen molar-refractivity contribution in [1.29, 1.82) is 0 Å². The van der Waals surface area contributed by atoms with Gasteiger partial charge in [0.1, 0.15) is 23.8 Å². The van der Waals surface area contributed by atoms with Crippen LogP contribution in [0.3, 0.4) is 0 Å². The summed E-state index contributed by atoms with van der Waals surface area (Å²) in [5.41, 5.74) is 6.42. The molecule has 0 saturated carbocycles. The maximum atomic E-state index is 14.0. The molecule has 0 unspecified atom stereocenters. The molecule has 2 saturated heterocycles. The number of rotatable bonds is 12. The lowest BCUT2D eigenvalue weighted by atomic mass is 9.72. The van der Waals surface area contributed by atoms with Crippen LogP contribution in [0.2, 0.25) is 5.02 Å². The minimum atomic E-state index is -3.04. The van der Waals surface area contributed by atoms with Gasteiger partial charge in [0.25, 0.3) is 11.6 Å². The summed E-state index contributed by atoms with van der Waals surface area (Å²) >= 11 is 7.20. The zero-order valence-electron chi connectivity index (χ0n) is 35.8. The number of nitrogens with one attached hydrogen (secondary N) is 3. The zero-order chi connectivity index (χ0) is 44.6. The molecule has 3 N–H and O–H groups in total. The molecule has 2 fully saturated rings. The third-order valence-corrected chi connectivity index (χ3v) is 15.2. The highest BCUT2D eigenvalue weighted by molar-refractivity contribution is 7.98. The minimum absolute atomic E-state index is 0.0884. The summed E-state index contributed by atoms with van der Waals surface area (Å²) in [4.78, 5) is 40.7. The minimum Gasteiger partial charge on any atom is -0.489 e. The molecule has 0 radical (unpaired) electrons. The number of sulfone groups is 1. The molecule has 18 heteroatoms. The van der Waals surface area contributed by atoms with E-state index in [-0.39, 0.29) is 46.5 Å². The lowest BCUT2D eigenvalue weighted by Crippen LogP contribution is -2.48. The van der Waals surface area contributed by atoms with E-state index in [0.29, 0.717) is 41.8 Å². The SMILES string of the molecule is CC1(C)CCC(CN2CCN(c3ccc(C(=O)NSc4cc5c(c([N+](=O)[O-])c4)N[C@@H](CN4CCS(=O)(=O)CC4)CO5)c(Oc4cnc5[nH]ccc5c4)c3)CC2)=C(c2ccc(Cl)cc2)C1. The lowest BCUT2D eigenvalue weighted by molar-refractivity contribution is -0.384. The second-order valence-corrected chi connectivity index (χ2v) is 21.4. The van der Waals surface area contributed by atoms with Crippen molar-refractivity contribution in [2.24, 2.45) is 5.41 Å². The number of allylic oxidation sites excluding steroid dienone is 1. The van der Waals surface area contributed by atoms with Crippen LogP contribution in [-0.4, -0.2) is 116 Å². The molecule has 5 heterocycles. The van der Waals surface area contributed by atoms with E-state index in [4.69, 9.17) is 21.1 Å². The van der Waals surface area contributed by atoms with Crippen molar-refractivity contribution < 1.29 is 27.6 Å². The third kappa shape index (κ3) is 10.1. The molecule has 2 aromatic heterocycles. The zero-order valence-corrected chi connectivity index (χ0v) is 38.2. The number of nitro groups is 1. The number of carbonyl (C=O) groups excluding carboxylic acids is 1. The second-order valence-electron chi connectivity index (χ2n) is 17.8. The van der Waals surface area contributed by atoms with Crippen LogP contribution in [0.1, 0.15) is 49.0 Å². The normalized spacial score (nSPS) is 20.0. The molecule has 15 nitrogen and oxygen atoms in total. The molecule has 9 rings (SSSR count). The van der Waals surface area contributed by atoms with E-state index in [1.165, 1.54) is 22.8 Å². The quantitative estimate of drug-likeness (QED) is 0.0624. The number of anilines is 2. The van der Waals surface area contributed by atoms with Gasteiger partial charge < -0.3 is 24.7 Å². The fourth-order valence-corrected chi connectivity index (χ4v) is 11.0. The number of carbonyl (C=O) groups is 1. The number of aromatic nitrogens is 2. The van der Waals surface area contributed by atoms with Crippen molar-refractivity contribution in [3.63, 3.8) is 0 Å². The lowest BCUT2D eigenvalue weighted by Gasteiger charge is -2.39. The number of H-pyrrole nitrogens is 1. The van der Waals surface area contributed by atoms with Gasteiger partial charge in [0.15, 0.2) is 21.3 Å². The van der Waals surface area contributed by atoms with Crippen LogP contribution < -0.4 is 24.4 Å². The first-order valence-electron chi connectivity index (χ1n) is 21.6. The van der Waals surface area contributed by atoms with Gasteiger partial charge in [-0.25, -0.2) is 13.4 Å². The first-order valence-corrected chi connectivity index (χ1v) is 24.6. The number of nitro benzene ring substituents is 1. The van der Waals surface area contributed by atoms with Gasteiger partial charge in [-0.1, -0.05) is 43.2 Å². The van der Waals surface area contributed by atoms with Crippen LogP contribution >= 0.6 is 23.5 Å². The van der Waals surface area contributed by atoms with Gasteiger partial charge in [-0.05, 0) is 90.2 Å². The van der Waals surface area contributed by atoms with E-state index < -0.39 is 20.7 Å². The molecule has 0 bridgehead atoms. The number of nitrogens with zero attached hydrogens (tertiary/aromatic N) is 5. The summed E-state index contributed by atoms with van der Waals surface area (Å²) in [5.74, 6) is 0.839. The van der Waals surface area contributed by atoms with Crippen molar-refractivity contribution in [3.8, 4) is 17.2 Å². The number of piperazine rings is 1. The fraction of sp³-hybridized carbons (Fsp3) is 0.391.